The summed E-state index contributed by atoms with van der Waals surface area (Å²) in [7, 11) is 0. The molecule has 2 aromatic carbocycles. The molecule has 0 atom stereocenters. The Labute approximate surface area is 156 Å². The lowest BCUT2D eigenvalue weighted by Gasteiger charge is -2.22. The van der Waals surface area contributed by atoms with Gasteiger partial charge in [-0.2, -0.15) is 0 Å². The molecule has 0 saturated heterocycles. The number of hydrogen-bond acceptors (Lipinski definition) is 2. The topological polar surface area (TPSA) is 32.3 Å². The van der Waals surface area contributed by atoms with Crippen LogP contribution in [0.2, 0.25) is 5.02 Å². The number of nitrogens with one attached hydrogen (secondary N) is 1. The van der Waals surface area contributed by atoms with E-state index in [1.165, 1.54) is 11.1 Å². The summed E-state index contributed by atoms with van der Waals surface area (Å²) in [6, 6.07) is 14.0. The van der Waals surface area contributed by atoms with Crippen molar-refractivity contribution in [2.24, 2.45) is 0 Å². The molecule has 0 aliphatic rings. The van der Waals surface area contributed by atoms with Crippen LogP contribution in [0, 0.1) is 0 Å². The standard InChI is InChI=1S/C21H27ClN2O/c1-4-16-11-9-12-17(5-2)21(16)23-20(25)15-24(6-3)14-18-10-7-8-13-19(18)22/h7-13H,4-6,14-15H2,1-3H3,(H,23,25). The Morgan fingerprint density at radius 3 is 2.12 bits per heavy atom. The number of rotatable bonds is 8. The van der Waals surface area contributed by atoms with Gasteiger partial charge in [-0.05, 0) is 42.1 Å². The first-order valence-corrected chi connectivity index (χ1v) is 9.33. The maximum Gasteiger partial charge on any atom is 0.238 e. The fourth-order valence-corrected chi connectivity index (χ4v) is 3.13. The molecule has 0 heterocycles. The summed E-state index contributed by atoms with van der Waals surface area (Å²) in [6.07, 6.45) is 1.81. The summed E-state index contributed by atoms with van der Waals surface area (Å²) in [6.45, 7) is 8.08. The Bertz CT molecular complexity index is 693. The Hall–Kier alpha value is -1.84. The van der Waals surface area contributed by atoms with E-state index in [0.29, 0.717) is 13.1 Å². The molecule has 2 aromatic rings. The summed E-state index contributed by atoms with van der Waals surface area (Å²) in [5, 5.41) is 3.87. The summed E-state index contributed by atoms with van der Waals surface area (Å²) < 4.78 is 0. The van der Waals surface area contributed by atoms with E-state index in [2.05, 4.69) is 49.2 Å². The number of para-hydroxylation sites is 1. The van der Waals surface area contributed by atoms with Crippen LogP contribution in [0.3, 0.4) is 0 Å². The highest BCUT2D eigenvalue weighted by atomic mass is 35.5. The molecule has 3 nitrogen and oxygen atoms in total. The highest BCUT2D eigenvalue weighted by molar-refractivity contribution is 6.31. The third kappa shape index (κ3) is 5.32. The van der Waals surface area contributed by atoms with Gasteiger partial charge in [0.15, 0.2) is 0 Å². The molecular weight excluding hydrogens is 332 g/mol. The maximum atomic E-state index is 12.6. The molecule has 4 heteroatoms. The van der Waals surface area contributed by atoms with E-state index in [1.54, 1.807) is 0 Å². The molecule has 0 aliphatic heterocycles. The molecule has 0 aromatic heterocycles. The zero-order valence-corrected chi connectivity index (χ0v) is 16.1. The van der Waals surface area contributed by atoms with Gasteiger partial charge in [0.25, 0.3) is 0 Å². The van der Waals surface area contributed by atoms with E-state index in [0.717, 1.165) is 35.7 Å². The number of hydrogen-bond donors (Lipinski definition) is 1. The smallest absolute Gasteiger partial charge is 0.238 e. The van der Waals surface area contributed by atoms with E-state index < -0.39 is 0 Å². The second-order valence-corrected chi connectivity index (χ2v) is 6.51. The average Bonchev–Trinajstić information content (AvgIpc) is 2.63. The minimum Gasteiger partial charge on any atom is -0.324 e. The Kier molecular flexibility index (Phi) is 7.48. The van der Waals surface area contributed by atoms with Crippen LogP contribution in [0.25, 0.3) is 0 Å². The molecule has 0 spiro atoms. The number of likely N-dealkylation sites (N-methyl/N-ethyl adjacent to an activating group) is 1. The molecule has 0 unspecified atom stereocenters. The summed E-state index contributed by atoms with van der Waals surface area (Å²) in [5.74, 6) is 0.0181. The van der Waals surface area contributed by atoms with Gasteiger partial charge in [0, 0.05) is 17.3 Å². The summed E-state index contributed by atoms with van der Waals surface area (Å²) >= 11 is 6.24. The Morgan fingerprint density at radius 1 is 0.960 bits per heavy atom. The number of benzene rings is 2. The average molecular weight is 359 g/mol. The highest BCUT2D eigenvalue weighted by Crippen LogP contribution is 2.23. The van der Waals surface area contributed by atoms with Gasteiger partial charge in [0.05, 0.1) is 6.54 Å². The van der Waals surface area contributed by atoms with Crippen LogP contribution < -0.4 is 5.32 Å². The second-order valence-electron chi connectivity index (χ2n) is 6.10. The monoisotopic (exact) mass is 358 g/mol. The third-order valence-electron chi connectivity index (χ3n) is 4.43. The normalized spacial score (nSPS) is 10.9. The second kappa shape index (κ2) is 9.59. The quantitative estimate of drug-likeness (QED) is 0.726. The Morgan fingerprint density at radius 2 is 1.56 bits per heavy atom. The number of anilines is 1. The molecule has 2 rings (SSSR count). The van der Waals surface area contributed by atoms with E-state index in [1.807, 2.05) is 24.3 Å². The van der Waals surface area contributed by atoms with Crippen LogP contribution in [-0.4, -0.2) is 23.9 Å². The van der Waals surface area contributed by atoms with Gasteiger partial charge in [-0.15, -0.1) is 0 Å². The van der Waals surface area contributed by atoms with Crippen LogP contribution in [0.4, 0.5) is 5.69 Å². The molecule has 134 valence electrons. The summed E-state index contributed by atoms with van der Waals surface area (Å²) in [5.41, 5.74) is 4.39. The minimum absolute atomic E-state index is 0.0181. The van der Waals surface area contributed by atoms with Gasteiger partial charge < -0.3 is 5.32 Å². The summed E-state index contributed by atoms with van der Waals surface area (Å²) in [4.78, 5) is 14.7. The van der Waals surface area contributed by atoms with Crippen LogP contribution in [0.1, 0.15) is 37.5 Å². The van der Waals surface area contributed by atoms with Crippen molar-refractivity contribution in [3.8, 4) is 0 Å². The highest BCUT2D eigenvalue weighted by Gasteiger charge is 2.14. The van der Waals surface area contributed by atoms with Crippen LogP contribution in [-0.2, 0) is 24.2 Å². The van der Waals surface area contributed by atoms with E-state index in [9.17, 15) is 4.79 Å². The first-order valence-electron chi connectivity index (χ1n) is 8.95. The van der Waals surface area contributed by atoms with Gasteiger partial charge >= 0.3 is 0 Å². The number of aryl methyl sites for hydroxylation is 2. The van der Waals surface area contributed by atoms with Crippen molar-refractivity contribution in [1.82, 2.24) is 4.90 Å². The van der Waals surface area contributed by atoms with Crippen molar-refractivity contribution in [3.63, 3.8) is 0 Å². The number of carbonyl (C=O) groups excluding carboxylic acids is 1. The SMILES string of the molecule is CCc1cccc(CC)c1NC(=O)CN(CC)Cc1ccccc1Cl. The number of halogens is 1. The van der Waals surface area contributed by atoms with Gasteiger partial charge in [-0.1, -0.05) is 68.8 Å². The van der Waals surface area contributed by atoms with E-state index >= 15 is 0 Å². The van der Waals surface area contributed by atoms with Crippen LogP contribution >= 0.6 is 11.6 Å². The fraction of sp³-hybridized carbons (Fsp3) is 0.381. The Balaban J connectivity index is 2.07. The largest absolute Gasteiger partial charge is 0.324 e. The molecule has 1 amide bonds. The van der Waals surface area contributed by atoms with Crippen molar-refractivity contribution in [1.29, 1.82) is 0 Å². The molecule has 25 heavy (non-hydrogen) atoms. The molecule has 0 fully saturated rings. The predicted octanol–water partition coefficient (Wildman–Crippen LogP) is 4.93. The van der Waals surface area contributed by atoms with Crippen molar-refractivity contribution in [2.75, 3.05) is 18.4 Å². The number of carbonyl (C=O) groups is 1. The number of amides is 1. The lowest BCUT2D eigenvalue weighted by atomic mass is 10.0. The fourth-order valence-electron chi connectivity index (χ4n) is 2.93. The van der Waals surface area contributed by atoms with Gasteiger partial charge in [-0.25, -0.2) is 0 Å². The van der Waals surface area contributed by atoms with Crippen LogP contribution in [0.5, 0.6) is 0 Å². The molecule has 0 bridgehead atoms. The molecule has 0 aliphatic carbocycles. The number of nitrogens with zero attached hydrogens (tertiary/aromatic N) is 1. The van der Waals surface area contributed by atoms with Crippen LogP contribution in [0.15, 0.2) is 42.5 Å². The van der Waals surface area contributed by atoms with Gasteiger partial charge in [0.2, 0.25) is 5.91 Å². The minimum atomic E-state index is 0.0181. The first-order chi connectivity index (χ1) is 12.1. The van der Waals surface area contributed by atoms with E-state index in [4.69, 9.17) is 11.6 Å². The zero-order chi connectivity index (χ0) is 18.2. The zero-order valence-electron chi connectivity index (χ0n) is 15.3. The lowest BCUT2D eigenvalue weighted by molar-refractivity contribution is -0.117. The van der Waals surface area contributed by atoms with Crippen molar-refractivity contribution in [3.05, 3.63) is 64.2 Å². The first kappa shape index (κ1) is 19.5. The maximum absolute atomic E-state index is 12.6. The molecule has 1 N–H and O–H groups in total. The molecule has 0 saturated carbocycles. The third-order valence-corrected chi connectivity index (χ3v) is 4.80. The lowest BCUT2D eigenvalue weighted by Crippen LogP contribution is -2.33. The predicted molar refractivity (Wildman–Crippen MR) is 106 cm³/mol. The van der Waals surface area contributed by atoms with Gasteiger partial charge in [-0.3, -0.25) is 9.69 Å². The van der Waals surface area contributed by atoms with Crippen molar-refractivity contribution >= 4 is 23.2 Å². The van der Waals surface area contributed by atoms with E-state index in [-0.39, 0.29) is 5.91 Å². The molecule has 0 radical (unpaired) electrons. The van der Waals surface area contributed by atoms with Gasteiger partial charge in [0.1, 0.15) is 0 Å². The van der Waals surface area contributed by atoms with Crippen molar-refractivity contribution in [2.45, 2.75) is 40.2 Å². The molecular formula is C21H27ClN2O. The van der Waals surface area contributed by atoms with Crippen molar-refractivity contribution < 1.29 is 4.79 Å².